The van der Waals surface area contributed by atoms with Gasteiger partial charge in [-0.25, -0.2) is 4.79 Å². The van der Waals surface area contributed by atoms with Crippen molar-refractivity contribution < 1.29 is 14.6 Å². The number of halogens is 1. The minimum atomic E-state index is -1.19. The average molecular weight is 283 g/mol. The van der Waals surface area contributed by atoms with Gasteiger partial charge in [0.25, 0.3) is 0 Å². The molecule has 0 unspecified atom stereocenters. The molecule has 0 saturated carbocycles. The van der Waals surface area contributed by atoms with Crippen LogP contribution >= 0.6 is 12.9 Å². The summed E-state index contributed by atoms with van der Waals surface area (Å²) in [5.74, 6) is -0.387. The van der Waals surface area contributed by atoms with Crippen LogP contribution in [0.3, 0.4) is 0 Å². The van der Waals surface area contributed by atoms with Crippen molar-refractivity contribution in [2.75, 3.05) is 0 Å². The molecule has 0 spiro atoms. The fourth-order valence-electron chi connectivity index (χ4n) is 0.985. The van der Waals surface area contributed by atoms with Gasteiger partial charge in [0.05, 0.1) is 0 Å². The summed E-state index contributed by atoms with van der Waals surface area (Å²) in [7, 11) is 0. The zero-order valence-electron chi connectivity index (χ0n) is 8.66. The van der Waals surface area contributed by atoms with E-state index in [0.29, 0.717) is 5.75 Å². The maximum Gasteiger partial charge on any atom is 0.506 e. The Morgan fingerprint density at radius 1 is 1.40 bits per heavy atom. The highest BCUT2D eigenvalue weighted by atomic mass is 79.9. The van der Waals surface area contributed by atoms with Gasteiger partial charge in [0.2, 0.25) is 0 Å². The van der Waals surface area contributed by atoms with Crippen molar-refractivity contribution in [2.45, 2.75) is 19.4 Å². The average Bonchev–Trinajstić information content (AvgIpc) is 2.18. The second-order valence-electron chi connectivity index (χ2n) is 3.70. The Kier molecular flexibility index (Phi) is 4.42. The van der Waals surface area contributed by atoms with Crippen LogP contribution in [-0.2, 0) is 4.79 Å². The Labute approximate surface area is 104 Å². The first kappa shape index (κ1) is 12.8. The lowest BCUT2D eigenvalue weighted by atomic mass is 10.1. The number of hydrogen-bond acceptors (Lipinski definition) is 2. The number of benzene rings is 1. The standard InChI is InChI=1S/C10H11O3.BrH.Mg/c1-10(2,9(11)12)13-8-6-4-3-5-7-8;;/h4-7H,1-2H3,(H,11,12);1H;/q;;+1/p-1. The molecule has 0 atom stereocenters. The normalized spacial score (nSPS) is 10.6. The number of carbonyl (C=O) groups is 1. The third-order valence-electron chi connectivity index (χ3n) is 1.97. The van der Waals surface area contributed by atoms with E-state index in [2.05, 4.69) is 12.9 Å². The van der Waals surface area contributed by atoms with Crippen molar-refractivity contribution in [1.82, 2.24) is 0 Å². The molecule has 5 heteroatoms. The Hall–Kier alpha value is -0.264. The van der Waals surface area contributed by atoms with Crippen molar-refractivity contribution in [1.29, 1.82) is 0 Å². The number of ether oxygens (including phenoxy) is 1. The van der Waals surface area contributed by atoms with E-state index < -0.39 is 11.6 Å². The summed E-state index contributed by atoms with van der Waals surface area (Å²) < 4.78 is 6.62. The molecule has 0 saturated heterocycles. The molecule has 0 bridgehead atoms. The molecule has 0 radical (unpaired) electrons. The zero-order chi connectivity index (χ0) is 11.5. The largest absolute Gasteiger partial charge is 0.506 e. The Morgan fingerprint density at radius 2 is 1.93 bits per heavy atom. The molecule has 1 N–H and O–H groups in total. The lowest BCUT2D eigenvalue weighted by molar-refractivity contribution is -0.152. The molecule has 15 heavy (non-hydrogen) atoms. The van der Waals surface area contributed by atoms with E-state index in [1.165, 1.54) is 17.5 Å². The summed E-state index contributed by atoms with van der Waals surface area (Å²) in [5, 5.41) is 8.88. The van der Waals surface area contributed by atoms with Crippen LogP contribution < -0.4 is 8.43 Å². The Balaban J connectivity index is 2.77. The van der Waals surface area contributed by atoms with E-state index in [4.69, 9.17) is 9.84 Å². The maximum absolute atomic E-state index is 10.8. The third kappa shape index (κ3) is 3.66. The highest BCUT2D eigenvalue weighted by Gasteiger charge is 2.29. The van der Waals surface area contributed by atoms with Crippen LogP contribution in [0.15, 0.2) is 24.3 Å². The molecule has 0 aliphatic carbocycles. The quantitative estimate of drug-likeness (QED) is 0.853. The van der Waals surface area contributed by atoms with Gasteiger partial charge in [0, 0.05) is 0 Å². The summed E-state index contributed by atoms with van der Waals surface area (Å²) in [6.45, 7) is 3.06. The molecule has 0 aliphatic heterocycles. The molecular weight excluding hydrogens is 272 g/mol. The van der Waals surface area contributed by atoms with Gasteiger partial charge in [-0.15, -0.1) is 0 Å². The number of carboxylic acids is 1. The molecule has 0 amide bonds. The van der Waals surface area contributed by atoms with Crippen LogP contribution in [0, 0.1) is 0 Å². The van der Waals surface area contributed by atoms with E-state index in [1.54, 1.807) is 12.1 Å². The molecule has 1 aromatic rings. The van der Waals surface area contributed by atoms with Crippen LogP contribution in [0.1, 0.15) is 13.8 Å². The van der Waals surface area contributed by atoms with Crippen molar-refractivity contribution in [3.05, 3.63) is 24.3 Å². The van der Waals surface area contributed by atoms with Crippen LogP contribution in [0.2, 0.25) is 0 Å². The molecule has 0 heterocycles. The second-order valence-corrected chi connectivity index (χ2v) is 6.46. The molecule has 3 nitrogen and oxygen atoms in total. The number of hydrogen-bond donors (Lipinski definition) is 1. The molecule has 0 fully saturated rings. The predicted octanol–water partition coefficient (Wildman–Crippen LogP) is 1.57. The topological polar surface area (TPSA) is 46.5 Å². The molecule has 0 aliphatic rings. The summed E-state index contributed by atoms with van der Waals surface area (Å²) >= 11 is 3.13. The highest BCUT2D eigenvalue weighted by molar-refractivity contribution is 9.23. The molecule has 0 aromatic heterocycles. The first-order valence-corrected chi connectivity index (χ1v) is 9.13. The van der Waals surface area contributed by atoms with Crippen LogP contribution in [-0.4, -0.2) is 34.9 Å². The van der Waals surface area contributed by atoms with Crippen LogP contribution in [0.5, 0.6) is 5.75 Å². The van der Waals surface area contributed by atoms with Crippen molar-refractivity contribution >= 4 is 40.7 Å². The van der Waals surface area contributed by atoms with Gasteiger partial charge in [-0.1, -0.05) is 12.1 Å². The molecular formula is C10H11BrMgO3. The Bertz CT molecular complexity index is 348. The molecule has 1 rings (SSSR count). The SMILES string of the molecule is CC(C)(Oc1cc[c]([Mg][Br])cc1)C(=O)O. The summed E-state index contributed by atoms with van der Waals surface area (Å²) in [4.78, 5) is 10.8. The van der Waals surface area contributed by atoms with E-state index in [0.717, 1.165) is 0 Å². The predicted molar refractivity (Wildman–Crippen MR) is 63.1 cm³/mol. The molecule has 78 valence electrons. The van der Waals surface area contributed by atoms with Gasteiger partial charge in [-0.05, 0) is 26.0 Å². The number of rotatable bonds is 4. The van der Waals surface area contributed by atoms with Crippen molar-refractivity contribution in [2.24, 2.45) is 0 Å². The van der Waals surface area contributed by atoms with Gasteiger partial charge in [0.1, 0.15) is 5.75 Å². The van der Waals surface area contributed by atoms with Gasteiger partial charge in [0.15, 0.2) is 5.60 Å². The minimum Gasteiger partial charge on any atom is -0.478 e. The number of carboxylic acid groups (broad SMARTS) is 1. The van der Waals surface area contributed by atoms with Crippen molar-refractivity contribution in [3.63, 3.8) is 0 Å². The summed E-state index contributed by atoms with van der Waals surface area (Å²) in [6.07, 6.45) is 0. The third-order valence-corrected chi connectivity index (χ3v) is 4.69. The van der Waals surface area contributed by atoms with E-state index in [9.17, 15) is 4.79 Å². The first-order valence-electron chi connectivity index (χ1n) is 4.53. The first-order chi connectivity index (χ1) is 6.95. The van der Waals surface area contributed by atoms with E-state index in [-0.39, 0.29) is 18.2 Å². The van der Waals surface area contributed by atoms with Gasteiger partial charge in [-0.3, -0.25) is 12.9 Å². The highest BCUT2D eigenvalue weighted by Crippen LogP contribution is 2.17. The lowest BCUT2D eigenvalue weighted by Gasteiger charge is -2.21. The van der Waals surface area contributed by atoms with E-state index >= 15 is 0 Å². The monoisotopic (exact) mass is 282 g/mol. The summed E-state index contributed by atoms with van der Waals surface area (Å²) in [5.41, 5.74) is -1.19. The second kappa shape index (κ2) is 5.18. The van der Waals surface area contributed by atoms with E-state index in [1.807, 2.05) is 12.1 Å². The lowest BCUT2D eigenvalue weighted by Crippen LogP contribution is -2.37. The fourth-order valence-corrected chi connectivity index (χ4v) is 2.52. The molecule has 1 aromatic carbocycles. The van der Waals surface area contributed by atoms with Gasteiger partial charge < -0.3 is 9.84 Å². The van der Waals surface area contributed by atoms with Crippen LogP contribution in [0.4, 0.5) is 0 Å². The fraction of sp³-hybridized carbons (Fsp3) is 0.300. The van der Waals surface area contributed by atoms with Gasteiger partial charge in [-0.2, -0.15) is 3.69 Å². The summed E-state index contributed by atoms with van der Waals surface area (Å²) in [6, 6.07) is 7.50. The van der Waals surface area contributed by atoms with Crippen molar-refractivity contribution in [3.8, 4) is 5.75 Å². The smallest absolute Gasteiger partial charge is 0.478 e. The van der Waals surface area contributed by atoms with Crippen LogP contribution in [0.25, 0.3) is 0 Å². The number of aliphatic carboxylic acids is 1. The van der Waals surface area contributed by atoms with Gasteiger partial charge >= 0.3 is 24.2 Å². The maximum atomic E-state index is 10.8. The zero-order valence-corrected chi connectivity index (χ0v) is 11.7. The minimum absolute atomic E-state index is 0.342. The Morgan fingerprint density at radius 3 is 2.33 bits per heavy atom.